The summed E-state index contributed by atoms with van der Waals surface area (Å²) in [5.41, 5.74) is 0.600. The van der Waals surface area contributed by atoms with Crippen LogP contribution in [0.5, 0.6) is 11.5 Å². The quantitative estimate of drug-likeness (QED) is 0.438. The van der Waals surface area contributed by atoms with E-state index in [0.29, 0.717) is 11.1 Å². The molecule has 2 aromatic rings. The predicted octanol–water partition coefficient (Wildman–Crippen LogP) is 4.55. The van der Waals surface area contributed by atoms with Gasteiger partial charge in [-0.25, -0.2) is 17.2 Å². The number of ether oxygens (including phenoxy) is 1. The SMILES string of the molecule is Cc1ccc(C(C)(C)C)c(Oc2c(F)c(F)c(S(=O)(=O)[O-])c(F)c2F)c1. The summed E-state index contributed by atoms with van der Waals surface area (Å²) in [5, 5.41) is 0. The van der Waals surface area contributed by atoms with Crippen molar-refractivity contribution >= 4 is 10.1 Å². The van der Waals surface area contributed by atoms with Crippen molar-refractivity contribution in [2.45, 2.75) is 38.0 Å². The van der Waals surface area contributed by atoms with Crippen molar-refractivity contribution in [3.8, 4) is 11.5 Å². The highest BCUT2D eigenvalue weighted by molar-refractivity contribution is 7.85. The standard InChI is InChI=1S/C17H16F4O4S/c1-8-5-6-9(17(2,3)4)10(7-8)25-15-11(18)13(20)16(26(22,23)24)14(21)12(15)19/h5-7H,1-4H3,(H,22,23,24)/p-1. The summed E-state index contributed by atoms with van der Waals surface area (Å²) in [5.74, 6) is -10.4. The monoisotopic (exact) mass is 391 g/mol. The Morgan fingerprint density at radius 3 is 1.88 bits per heavy atom. The van der Waals surface area contributed by atoms with Crippen LogP contribution in [0.1, 0.15) is 31.9 Å². The molecule has 0 aliphatic heterocycles. The van der Waals surface area contributed by atoms with Crippen molar-refractivity contribution in [1.82, 2.24) is 0 Å². The second kappa shape index (κ2) is 6.55. The van der Waals surface area contributed by atoms with E-state index in [1.807, 2.05) is 0 Å². The molecule has 0 unspecified atom stereocenters. The van der Waals surface area contributed by atoms with Gasteiger partial charge in [0, 0.05) is 5.56 Å². The number of halogens is 4. The maximum atomic E-state index is 14.1. The fraction of sp³-hybridized carbons (Fsp3) is 0.294. The maximum Gasteiger partial charge on any atom is 0.205 e. The largest absolute Gasteiger partial charge is 0.744 e. The molecule has 0 amide bonds. The lowest BCUT2D eigenvalue weighted by atomic mass is 9.86. The average molecular weight is 391 g/mol. The van der Waals surface area contributed by atoms with Crippen LogP contribution in [0.2, 0.25) is 0 Å². The van der Waals surface area contributed by atoms with Crippen molar-refractivity contribution in [2.24, 2.45) is 0 Å². The number of aryl methyl sites for hydroxylation is 1. The second-order valence-electron chi connectivity index (χ2n) is 6.72. The zero-order valence-electron chi connectivity index (χ0n) is 14.3. The highest BCUT2D eigenvalue weighted by atomic mass is 32.2. The Labute approximate surface area is 148 Å². The van der Waals surface area contributed by atoms with Gasteiger partial charge in [0.2, 0.25) is 17.4 Å². The average Bonchev–Trinajstić information content (AvgIpc) is 2.47. The van der Waals surface area contributed by atoms with E-state index in [4.69, 9.17) is 4.74 Å². The molecule has 0 aromatic heterocycles. The van der Waals surface area contributed by atoms with Gasteiger partial charge in [0.15, 0.2) is 11.6 Å². The van der Waals surface area contributed by atoms with Crippen LogP contribution in [-0.4, -0.2) is 13.0 Å². The van der Waals surface area contributed by atoms with Gasteiger partial charge in [-0.3, -0.25) is 0 Å². The number of rotatable bonds is 3. The third-order valence-corrected chi connectivity index (χ3v) is 4.45. The molecule has 0 aliphatic rings. The smallest absolute Gasteiger partial charge is 0.205 e. The topological polar surface area (TPSA) is 66.4 Å². The number of benzene rings is 2. The zero-order chi connectivity index (χ0) is 20.0. The van der Waals surface area contributed by atoms with Crippen molar-refractivity contribution in [1.29, 1.82) is 0 Å². The van der Waals surface area contributed by atoms with Crippen LogP contribution in [0.25, 0.3) is 0 Å². The van der Waals surface area contributed by atoms with Crippen molar-refractivity contribution in [3.05, 3.63) is 52.6 Å². The normalized spacial score (nSPS) is 12.3. The van der Waals surface area contributed by atoms with Crippen LogP contribution in [-0.2, 0) is 15.5 Å². The highest BCUT2D eigenvalue weighted by Crippen LogP contribution is 2.39. The van der Waals surface area contributed by atoms with E-state index in [1.165, 1.54) is 6.07 Å². The molecule has 9 heteroatoms. The van der Waals surface area contributed by atoms with Crippen LogP contribution >= 0.6 is 0 Å². The van der Waals surface area contributed by atoms with Gasteiger partial charge in [-0.2, -0.15) is 8.78 Å². The van der Waals surface area contributed by atoms with Gasteiger partial charge in [-0.1, -0.05) is 32.9 Å². The molecule has 26 heavy (non-hydrogen) atoms. The first kappa shape index (κ1) is 20.2. The van der Waals surface area contributed by atoms with Gasteiger partial charge in [-0.05, 0) is 24.0 Å². The molecule has 0 aliphatic carbocycles. The van der Waals surface area contributed by atoms with Crippen molar-refractivity contribution in [2.75, 3.05) is 0 Å². The molecule has 0 N–H and O–H groups in total. The van der Waals surface area contributed by atoms with Crippen LogP contribution in [0.15, 0.2) is 23.1 Å². The van der Waals surface area contributed by atoms with E-state index < -0.39 is 49.4 Å². The molecule has 0 saturated carbocycles. The Bertz CT molecular complexity index is 950. The third-order valence-electron chi connectivity index (χ3n) is 3.59. The molecular weight excluding hydrogens is 376 g/mol. The molecule has 0 saturated heterocycles. The molecule has 0 fully saturated rings. The summed E-state index contributed by atoms with van der Waals surface area (Å²) >= 11 is 0. The van der Waals surface area contributed by atoms with E-state index in [9.17, 15) is 30.5 Å². The fourth-order valence-electron chi connectivity index (χ4n) is 2.34. The lowest BCUT2D eigenvalue weighted by molar-refractivity contribution is 0.341. The molecule has 0 bridgehead atoms. The molecule has 2 rings (SSSR count). The van der Waals surface area contributed by atoms with Gasteiger partial charge in [0.25, 0.3) is 0 Å². The molecule has 4 nitrogen and oxygen atoms in total. The summed E-state index contributed by atoms with van der Waals surface area (Å²) in [4.78, 5) is -2.22. The zero-order valence-corrected chi connectivity index (χ0v) is 15.1. The summed E-state index contributed by atoms with van der Waals surface area (Å²) in [6, 6.07) is 4.76. The summed E-state index contributed by atoms with van der Waals surface area (Å²) in [6.07, 6.45) is 0. The first-order chi connectivity index (χ1) is 11.7. The van der Waals surface area contributed by atoms with Gasteiger partial charge < -0.3 is 9.29 Å². The summed E-state index contributed by atoms with van der Waals surface area (Å²) in [6.45, 7) is 7.02. The van der Waals surface area contributed by atoms with Gasteiger partial charge >= 0.3 is 0 Å². The molecular formula is C17H15F4O4S-. The minimum Gasteiger partial charge on any atom is -0.744 e. The van der Waals surface area contributed by atoms with E-state index in [0.717, 1.165) is 0 Å². The lowest BCUT2D eigenvalue weighted by Gasteiger charge is -2.23. The second-order valence-corrected chi connectivity index (χ2v) is 8.04. The van der Waals surface area contributed by atoms with E-state index in [-0.39, 0.29) is 5.75 Å². The minimum absolute atomic E-state index is 0.0631. The van der Waals surface area contributed by atoms with E-state index in [1.54, 1.807) is 39.8 Å². The number of hydrogen-bond donors (Lipinski definition) is 0. The summed E-state index contributed by atoms with van der Waals surface area (Å²) in [7, 11) is -5.77. The fourth-order valence-corrected chi connectivity index (χ4v) is 2.96. The first-order valence-corrected chi connectivity index (χ1v) is 8.76. The van der Waals surface area contributed by atoms with E-state index in [2.05, 4.69) is 0 Å². The molecule has 0 heterocycles. The van der Waals surface area contributed by atoms with E-state index >= 15 is 0 Å². The molecule has 2 aromatic carbocycles. The van der Waals surface area contributed by atoms with Gasteiger partial charge in [0.05, 0.1) is 0 Å². The first-order valence-electron chi connectivity index (χ1n) is 7.36. The Balaban J connectivity index is 2.73. The molecule has 0 atom stereocenters. The lowest BCUT2D eigenvalue weighted by Crippen LogP contribution is -2.14. The van der Waals surface area contributed by atoms with Gasteiger partial charge in [0.1, 0.15) is 20.8 Å². The molecule has 0 spiro atoms. The van der Waals surface area contributed by atoms with Crippen LogP contribution in [0.3, 0.4) is 0 Å². The Morgan fingerprint density at radius 2 is 1.46 bits per heavy atom. The van der Waals surface area contributed by atoms with Gasteiger partial charge in [-0.15, -0.1) is 0 Å². The number of hydrogen-bond acceptors (Lipinski definition) is 4. The Kier molecular flexibility index (Phi) is 5.08. The van der Waals surface area contributed by atoms with Crippen LogP contribution < -0.4 is 4.74 Å². The van der Waals surface area contributed by atoms with Crippen LogP contribution in [0.4, 0.5) is 17.6 Å². The minimum atomic E-state index is -5.77. The maximum absolute atomic E-state index is 14.1. The predicted molar refractivity (Wildman–Crippen MR) is 84.2 cm³/mol. The Morgan fingerprint density at radius 1 is 0.962 bits per heavy atom. The van der Waals surface area contributed by atoms with Crippen molar-refractivity contribution in [3.63, 3.8) is 0 Å². The van der Waals surface area contributed by atoms with Crippen LogP contribution in [0, 0.1) is 30.2 Å². The highest BCUT2D eigenvalue weighted by Gasteiger charge is 2.31. The summed E-state index contributed by atoms with van der Waals surface area (Å²) < 4.78 is 93.7. The third kappa shape index (κ3) is 3.68. The van der Waals surface area contributed by atoms with Crippen molar-refractivity contribution < 1.29 is 35.3 Å². The molecule has 142 valence electrons. The Hall–Kier alpha value is -2.13. The molecule has 0 radical (unpaired) electrons.